The number of ketones is 1. The van der Waals surface area contributed by atoms with E-state index in [9.17, 15) is 4.79 Å². The average Bonchev–Trinajstić information content (AvgIpc) is 2.29. The van der Waals surface area contributed by atoms with Gasteiger partial charge in [-0.15, -0.1) is 0 Å². The van der Waals surface area contributed by atoms with Crippen molar-refractivity contribution in [3.8, 4) is 0 Å². The lowest BCUT2D eigenvalue weighted by Gasteiger charge is -2.03. The number of azo groups is 1. The maximum Gasteiger partial charge on any atom is 0.185 e. The van der Waals surface area contributed by atoms with Gasteiger partial charge in [-0.1, -0.05) is 36.4 Å². The summed E-state index contributed by atoms with van der Waals surface area (Å²) in [5.74, 6) is -0.0304. The largest absolute Gasteiger partial charge is 0.292 e. The third kappa shape index (κ3) is 2.47. The Labute approximate surface area is 87.8 Å². The third-order valence-corrected chi connectivity index (χ3v) is 2.01. The van der Waals surface area contributed by atoms with Gasteiger partial charge in [0, 0.05) is 0 Å². The zero-order valence-corrected chi connectivity index (χ0v) is 8.08. The fourth-order valence-electron chi connectivity index (χ4n) is 1.23. The second kappa shape index (κ2) is 4.46. The molecule has 1 atom stereocenters. The van der Waals surface area contributed by atoms with Crippen LogP contribution in [0.25, 0.3) is 0 Å². The SMILES string of the molecule is O=C1C=CC=CC1N=Nc1ccccc1. The number of benzene rings is 1. The Morgan fingerprint density at radius 1 is 1.07 bits per heavy atom. The van der Waals surface area contributed by atoms with E-state index in [4.69, 9.17) is 0 Å². The molecule has 15 heavy (non-hydrogen) atoms. The number of rotatable bonds is 2. The van der Waals surface area contributed by atoms with Crippen molar-refractivity contribution in [1.29, 1.82) is 0 Å². The van der Waals surface area contributed by atoms with Gasteiger partial charge in [0.05, 0.1) is 5.69 Å². The van der Waals surface area contributed by atoms with E-state index in [1.807, 2.05) is 30.3 Å². The lowest BCUT2D eigenvalue weighted by Crippen LogP contribution is -2.14. The van der Waals surface area contributed by atoms with Crippen LogP contribution in [0.15, 0.2) is 64.9 Å². The first kappa shape index (κ1) is 9.52. The highest BCUT2D eigenvalue weighted by molar-refractivity contribution is 5.97. The summed E-state index contributed by atoms with van der Waals surface area (Å²) in [7, 11) is 0. The van der Waals surface area contributed by atoms with Crippen molar-refractivity contribution < 1.29 is 4.79 Å². The van der Waals surface area contributed by atoms with Crippen LogP contribution in [-0.4, -0.2) is 11.8 Å². The molecule has 0 amide bonds. The third-order valence-electron chi connectivity index (χ3n) is 2.01. The first-order chi connectivity index (χ1) is 7.36. The molecule has 3 heteroatoms. The van der Waals surface area contributed by atoms with Crippen molar-refractivity contribution in [3.63, 3.8) is 0 Å². The first-order valence-electron chi connectivity index (χ1n) is 4.71. The second-order valence-corrected chi connectivity index (χ2v) is 3.14. The Hall–Kier alpha value is -2.03. The smallest absolute Gasteiger partial charge is 0.185 e. The van der Waals surface area contributed by atoms with E-state index >= 15 is 0 Å². The molecule has 1 aliphatic rings. The van der Waals surface area contributed by atoms with Crippen LogP contribution in [-0.2, 0) is 4.79 Å². The summed E-state index contributed by atoms with van der Waals surface area (Å²) in [5, 5.41) is 7.97. The van der Waals surface area contributed by atoms with Gasteiger partial charge in [0.15, 0.2) is 11.8 Å². The van der Waals surface area contributed by atoms with E-state index in [2.05, 4.69) is 10.2 Å². The molecule has 3 nitrogen and oxygen atoms in total. The molecule has 0 spiro atoms. The number of nitrogens with zero attached hydrogens (tertiary/aromatic N) is 2. The summed E-state index contributed by atoms with van der Waals surface area (Å²) in [4.78, 5) is 11.3. The Kier molecular flexibility index (Phi) is 2.83. The van der Waals surface area contributed by atoms with Gasteiger partial charge in [-0.25, -0.2) is 0 Å². The molecule has 1 aliphatic carbocycles. The Bertz CT molecular complexity index is 432. The molecule has 0 fully saturated rings. The van der Waals surface area contributed by atoms with Gasteiger partial charge >= 0.3 is 0 Å². The predicted molar refractivity (Wildman–Crippen MR) is 58.0 cm³/mol. The average molecular weight is 198 g/mol. The summed E-state index contributed by atoms with van der Waals surface area (Å²) in [6, 6.07) is 8.90. The number of hydrogen-bond acceptors (Lipinski definition) is 3. The van der Waals surface area contributed by atoms with E-state index < -0.39 is 6.04 Å². The van der Waals surface area contributed by atoms with Gasteiger partial charge < -0.3 is 0 Å². The number of carbonyl (C=O) groups excluding carboxylic acids is 1. The Morgan fingerprint density at radius 3 is 2.60 bits per heavy atom. The van der Waals surface area contributed by atoms with E-state index in [0.29, 0.717) is 0 Å². The standard InChI is InChI=1S/C12H10N2O/c15-12-9-5-4-8-11(12)14-13-10-6-2-1-3-7-10/h1-9,11H. The molecule has 0 N–H and O–H groups in total. The van der Waals surface area contributed by atoms with Crippen LogP contribution in [0, 0.1) is 0 Å². The summed E-state index contributed by atoms with van der Waals surface area (Å²) in [6.45, 7) is 0. The monoisotopic (exact) mass is 198 g/mol. The molecule has 0 aromatic heterocycles. The molecule has 74 valence electrons. The fraction of sp³-hybridized carbons (Fsp3) is 0.0833. The van der Waals surface area contributed by atoms with E-state index in [1.54, 1.807) is 18.2 Å². The molecule has 1 aromatic rings. The van der Waals surface area contributed by atoms with Crippen molar-refractivity contribution in [3.05, 3.63) is 54.6 Å². The van der Waals surface area contributed by atoms with Gasteiger partial charge in [-0.05, 0) is 18.2 Å². The molecular weight excluding hydrogens is 188 g/mol. The summed E-state index contributed by atoms with van der Waals surface area (Å²) >= 11 is 0. The van der Waals surface area contributed by atoms with Gasteiger partial charge in [0.2, 0.25) is 0 Å². The Morgan fingerprint density at radius 2 is 1.87 bits per heavy atom. The normalized spacial score (nSPS) is 20.0. The molecule has 2 rings (SSSR count). The van der Waals surface area contributed by atoms with E-state index in [1.165, 1.54) is 6.08 Å². The zero-order chi connectivity index (χ0) is 10.5. The van der Waals surface area contributed by atoms with E-state index in [-0.39, 0.29) is 5.78 Å². The van der Waals surface area contributed by atoms with Gasteiger partial charge in [-0.3, -0.25) is 4.79 Å². The van der Waals surface area contributed by atoms with Crippen LogP contribution in [0.3, 0.4) is 0 Å². The minimum absolute atomic E-state index is 0.0304. The van der Waals surface area contributed by atoms with Crippen LogP contribution in [0.1, 0.15) is 0 Å². The molecule has 0 heterocycles. The van der Waals surface area contributed by atoms with Crippen molar-refractivity contribution in [2.45, 2.75) is 6.04 Å². The lowest BCUT2D eigenvalue weighted by atomic mass is 10.1. The highest BCUT2D eigenvalue weighted by atomic mass is 16.1. The van der Waals surface area contributed by atoms with Crippen LogP contribution < -0.4 is 0 Å². The summed E-state index contributed by atoms with van der Waals surface area (Å²) < 4.78 is 0. The van der Waals surface area contributed by atoms with Crippen LogP contribution in [0.2, 0.25) is 0 Å². The van der Waals surface area contributed by atoms with Crippen molar-refractivity contribution >= 4 is 11.5 Å². The lowest BCUT2D eigenvalue weighted by molar-refractivity contribution is -0.114. The second-order valence-electron chi connectivity index (χ2n) is 3.14. The first-order valence-corrected chi connectivity index (χ1v) is 4.71. The summed E-state index contributed by atoms with van der Waals surface area (Å²) in [6.07, 6.45) is 6.75. The molecule has 0 bridgehead atoms. The fourth-order valence-corrected chi connectivity index (χ4v) is 1.23. The zero-order valence-electron chi connectivity index (χ0n) is 8.08. The predicted octanol–water partition coefficient (Wildman–Crippen LogP) is 2.83. The molecular formula is C12H10N2O. The maximum atomic E-state index is 11.3. The molecule has 0 radical (unpaired) electrons. The summed E-state index contributed by atoms with van der Waals surface area (Å²) in [5.41, 5.74) is 0.758. The van der Waals surface area contributed by atoms with Crippen LogP contribution >= 0.6 is 0 Å². The van der Waals surface area contributed by atoms with Gasteiger partial charge in [-0.2, -0.15) is 10.2 Å². The van der Waals surface area contributed by atoms with E-state index in [0.717, 1.165) is 5.69 Å². The van der Waals surface area contributed by atoms with Crippen molar-refractivity contribution in [2.24, 2.45) is 10.2 Å². The molecule has 0 saturated carbocycles. The topological polar surface area (TPSA) is 41.8 Å². The number of allylic oxidation sites excluding steroid dienone is 2. The molecule has 0 saturated heterocycles. The Balaban J connectivity index is 2.09. The van der Waals surface area contributed by atoms with Crippen LogP contribution in [0.5, 0.6) is 0 Å². The number of carbonyl (C=O) groups is 1. The highest BCUT2D eigenvalue weighted by Crippen LogP contribution is 2.13. The molecule has 0 aliphatic heterocycles. The minimum Gasteiger partial charge on any atom is -0.292 e. The minimum atomic E-state index is -0.463. The highest BCUT2D eigenvalue weighted by Gasteiger charge is 2.12. The number of hydrogen-bond donors (Lipinski definition) is 0. The maximum absolute atomic E-state index is 11.3. The molecule has 1 unspecified atom stereocenters. The molecule has 1 aromatic carbocycles. The van der Waals surface area contributed by atoms with Crippen LogP contribution in [0.4, 0.5) is 5.69 Å². The van der Waals surface area contributed by atoms with Crippen molar-refractivity contribution in [1.82, 2.24) is 0 Å². The quantitative estimate of drug-likeness (QED) is 0.673. The van der Waals surface area contributed by atoms with Gasteiger partial charge in [0.1, 0.15) is 0 Å². The van der Waals surface area contributed by atoms with Crippen molar-refractivity contribution in [2.75, 3.05) is 0 Å². The van der Waals surface area contributed by atoms with Gasteiger partial charge in [0.25, 0.3) is 0 Å².